The number of aromatic nitrogens is 2. The van der Waals surface area contributed by atoms with Crippen LogP contribution in [0.4, 0.5) is 0 Å². The van der Waals surface area contributed by atoms with Gasteiger partial charge in [-0.1, -0.05) is 6.07 Å². The number of benzene rings is 2. The van der Waals surface area contributed by atoms with Crippen molar-refractivity contribution >= 4 is 28.6 Å². The summed E-state index contributed by atoms with van der Waals surface area (Å²) in [6, 6.07) is 11.1. The van der Waals surface area contributed by atoms with Crippen LogP contribution in [0.2, 0.25) is 0 Å². The number of aromatic carboxylic acids is 1. The quantitative estimate of drug-likeness (QED) is 0.354. The summed E-state index contributed by atoms with van der Waals surface area (Å²) in [5.41, 5.74) is 3.79. The Hall–Kier alpha value is -4.66. The maximum Gasteiger partial charge on any atom is 0.254 e. The Morgan fingerprint density at radius 1 is 1.05 bits per heavy atom. The van der Waals surface area contributed by atoms with Crippen LogP contribution in [0.15, 0.2) is 55.0 Å². The second kappa shape index (κ2) is 9.72. The SMILES string of the molecule is COc1cc(C(=O)N2CCC3(CC2)CC(=O)c2cc(-c4cncc(C(=O)[O-])c4)ccc2O3)cc2c1c(C)cn2C1CC1. The first-order valence-corrected chi connectivity index (χ1v) is 14.3. The Bertz CT molecular complexity index is 1780. The van der Waals surface area contributed by atoms with Crippen LogP contribution in [-0.2, 0) is 0 Å². The summed E-state index contributed by atoms with van der Waals surface area (Å²) < 4.78 is 14.4. The highest BCUT2D eigenvalue weighted by atomic mass is 16.5. The number of methoxy groups -OCH3 is 1. The highest BCUT2D eigenvalue weighted by Gasteiger charge is 2.44. The third-order valence-corrected chi connectivity index (χ3v) is 8.85. The number of aryl methyl sites for hydroxylation is 1. The highest BCUT2D eigenvalue weighted by molar-refractivity contribution is 6.02. The normalized spacial score (nSPS) is 17.7. The molecule has 1 saturated heterocycles. The Morgan fingerprint density at radius 2 is 1.83 bits per heavy atom. The van der Waals surface area contributed by atoms with E-state index in [1.165, 1.54) is 12.3 Å². The predicted molar refractivity (Wildman–Crippen MR) is 153 cm³/mol. The fourth-order valence-corrected chi connectivity index (χ4v) is 6.44. The number of hydrogen-bond donors (Lipinski definition) is 0. The molecule has 1 saturated carbocycles. The Kier molecular flexibility index (Phi) is 6.07. The van der Waals surface area contributed by atoms with E-state index in [9.17, 15) is 19.5 Å². The van der Waals surface area contributed by atoms with Crippen LogP contribution >= 0.6 is 0 Å². The number of likely N-dealkylation sites (tertiary alicyclic amines) is 1. The lowest BCUT2D eigenvalue weighted by Crippen LogP contribution is -2.52. The number of piperidine rings is 1. The van der Waals surface area contributed by atoms with Gasteiger partial charge >= 0.3 is 0 Å². The average molecular weight is 565 g/mol. The number of fused-ring (bicyclic) bond motifs is 2. The molecule has 4 aromatic rings. The summed E-state index contributed by atoms with van der Waals surface area (Å²) in [6.45, 7) is 3.03. The van der Waals surface area contributed by atoms with Crippen molar-refractivity contribution in [3.63, 3.8) is 0 Å². The van der Waals surface area contributed by atoms with E-state index in [0.717, 1.165) is 29.3 Å². The number of carboxylic acids is 1. The maximum absolute atomic E-state index is 13.7. The summed E-state index contributed by atoms with van der Waals surface area (Å²) >= 11 is 0. The minimum atomic E-state index is -1.31. The molecule has 2 aromatic carbocycles. The molecule has 0 atom stereocenters. The van der Waals surface area contributed by atoms with E-state index in [4.69, 9.17) is 9.47 Å². The van der Waals surface area contributed by atoms with Gasteiger partial charge in [0.25, 0.3) is 5.91 Å². The van der Waals surface area contributed by atoms with E-state index in [-0.39, 0.29) is 23.7 Å². The van der Waals surface area contributed by atoms with Gasteiger partial charge < -0.3 is 28.8 Å². The fourth-order valence-electron chi connectivity index (χ4n) is 6.44. The molecule has 0 bridgehead atoms. The summed E-state index contributed by atoms with van der Waals surface area (Å²) in [6.07, 6.45) is 8.53. The van der Waals surface area contributed by atoms with Crippen molar-refractivity contribution in [3.8, 4) is 22.6 Å². The molecule has 1 aliphatic carbocycles. The Balaban J connectivity index is 1.09. The van der Waals surface area contributed by atoms with Gasteiger partial charge in [0.05, 0.1) is 30.6 Å². The van der Waals surface area contributed by atoms with Crippen molar-refractivity contribution in [2.45, 2.75) is 50.7 Å². The molecule has 0 unspecified atom stereocenters. The van der Waals surface area contributed by atoms with Gasteiger partial charge in [-0.25, -0.2) is 0 Å². The van der Waals surface area contributed by atoms with Gasteiger partial charge in [-0.15, -0.1) is 0 Å². The van der Waals surface area contributed by atoms with Crippen molar-refractivity contribution in [1.29, 1.82) is 0 Å². The van der Waals surface area contributed by atoms with Crippen molar-refractivity contribution in [2.24, 2.45) is 0 Å². The van der Waals surface area contributed by atoms with Crippen LogP contribution in [0, 0.1) is 6.92 Å². The van der Waals surface area contributed by atoms with E-state index in [0.29, 0.717) is 65.7 Å². The number of carboxylic acid groups (broad SMARTS) is 1. The first-order valence-electron chi connectivity index (χ1n) is 14.3. The molecule has 1 amide bonds. The van der Waals surface area contributed by atoms with Gasteiger partial charge in [-0.05, 0) is 61.2 Å². The van der Waals surface area contributed by atoms with E-state index in [2.05, 4.69) is 22.7 Å². The molecule has 9 nitrogen and oxygen atoms in total. The second-order valence-electron chi connectivity index (χ2n) is 11.7. The van der Waals surface area contributed by atoms with E-state index in [1.807, 2.05) is 17.0 Å². The highest BCUT2D eigenvalue weighted by Crippen LogP contribution is 2.43. The molecule has 3 aliphatic rings. The molecule has 42 heavy (non-hydrogen) atoms. The van der Waals surface area contributed by atoms with Crippen molar-refractivity contribution in [1.82, 2.24) is 14.5 Å². The second-order valence-corrected chi connectivity index (χ2v) is 11.7. The number of pyridine rings is 1. The fraction of sp³-hybridized carbons (Fsp3) is 0.333. The van der Waals surface area contributed by atoms with Gasteiger partial charge in [0.2, 0.25) is 0 Å². The molecule has 2 aliphatic heterocycles. The number of amides is 1. The van der Waals surface area contributed by atoms with Crippen LogP contribution in [0.25, 0.3) is 22.0 Å². The van der Waals surface area contributed by atoms with Gasteiger partial charge in [-0.3, -0.25) is 14.6 Å². The minimum absolute atomic E-state index is 0.0292. The molecule has 1 spiro atoms. The van der Waals surface area contributed by atoms with Crippen LogP contribution in [0.1, 0.15) is 74.8 Å². The summed E-state index contributed by atoms with van der Waals surface area (Å²) in [5.74, 6) is -0.180. The zero-order valence-corrected chi connectivity index (χ0v) is 23.5. The molecule has 2 aromatic heterocycles. The topological polar surface area (TPSA) is 114 Å². The van der Waals surface area contributed by atoms with Crippen LogP contribution in [-0.4, -0.2) is 57.9 Å². The maximum atomic E-state index is 13.7. The molecule has 0 N–H and O–H groups in total. The molecule has 214 valence electrons. The summed E-state index contributed by atoms with van der Waals surface area (Å²) in [7, 11) is 1.64. The molecule has 0 radical (unpaired) electrons. The summed E-state index contributed by atoms with van der Waals surface area (Å²) in [4.78, 5) is 44.1. The van der Waals surface area contributed by atoms with Gasteiger partial charge in [0.15, 0.2) is 5.78 Å². The van der Waals surface area contributed by atoms with Crippen LogP contribution in [0.5, 0.6) is 11.5 Å². The number of carbonyl (C=O) groups excluding carboxylic acids is 3. The van der Waals surface area contributed by atoms with E-state index in [1.54, 1.807) is 31.5 Å². The molecule has 2 fully saturated rings. The van der Waals surface area contributed by atoms with Gasteiger partial charge in [-0.2, -0.15) is 0 Å². The first kappa shape index (κ1) is 26.3. The van der Waals surface area contributed by atoms with E-state index >= 15 is 0 Å². The summed E-state index contributed by atoms with van der Waals surface area (Å²) in [5, 5.41) is 12.3. The predicted octanol–water partition coefficient (Wildman–Crippen LogP) is 4.36. The molecule has 7 rings (SSSR count). The van der Waals surface area contributed by atoms with Crippen molar-refractivity contribution in [3.05, 3.63) is 77.2 Å². The Morgan fingerprint density at radius 3 is 2.55 bits per heavy atom. The standard InChI is InChI=1S/C33H31N3O6/c1-19-18-36(24-4-5-24)26-13-21(14-29(41-2)30(19)26)31(38)35-9-7-33(8-10-35)15-27(37)25-12-20(3-6-28(25)42-33)22-11-23(32(39)40)17-34-16-22/h3,6,11-14,16-18,24H,4-5,7-10,15H2,1-2H3,(H,39,40)/p-1. The number of nitrogens with zero attached hydrogens (tertiary/aromatic N) is 3. The van der Waals surface area contributed by atoms with Crippen LogP contribution < -0.4 is 14.6 Å². The third kappa shape index (κ3) is 4.40. The van der Waals surface area contributed by atoms with Crippen molar-refractivity contribution in [2.75, 3.05) is 20.2 Å². The van der Waals surface area contributed by atoms with Gasteiger partial charge in [0.1, 0.15) is 17.1 Å². The van der Waals surface area contributed by atoms with Gasteiger partial charge in [0, 0.05) is 72.6 Å². The lowest BCUT2D eigenvalue weighted by Gasteiger charge is -2.44. The lowest BCUT2D eigenvalue weighted by molar-refractivity contribution is -0.255. The zero-order chi connectivity index (χ0) is 29.2. The molecular weight excluding hydrogens is 534 g/mol. The monoisotopic (exact) mass is 564 g/mol. The third-order valence-electron chi connectivity index (χ3n) is 8.85. The number of carbonyl (C=O) groups is 3. The first-order chi connectivity index (χ1) is 20.2. The number of hydrogen-bond acceptors (Lipinski definition) is 7. The molecule has 4 heterocycles. The van der Waals surface area contributed by atoms with Crippen LogP contribution in [0.3, 0.4) is 0 Å². The number of Topliss-reactive ketones (excluding diaryl/α,β-unsaturated/α-hetero) is 1. The number of ketones is 1. The lowest BCUT2D eigenvalue weighted by atomic mass is 9.82. The smallest absolute Gasteiger partial charge is 0.254 e. The average Bonchev–Trinajstić information content (AvgIpc) is 3.79. The molecule has 9 heteroatoms. The van der Waals surface area contributed by atoms with Crippen molar-refractivity contribution < 1.29 is 29.0 Å². The zero-order valence-electron chi connectivity index (χ0n) is 23.5. The number of ether oxygens (including phenoxy) is 2. The minimum Gasteiger partial charge on any atom is -0.545 e. The molecular formula is C33H30N3O6-. The Labute approximate surface area is 242 Å². The largest absolute Gasteiger partial charge is 0.545 e. The van der Waals surface area contributed by atoms with E-state index < -0.39 is 11.6 Å². The number of rotatable bonds is 5.